The first kappa shape index (κ1) is 10.7. The van der Waals surface area contributed by atoms with Crippen LogP contribution < -0.4 is 5.32 Å². The summed E-state index contributed by atoms with van der Waals surface area (Å²) in [6, 6.07) is 0.609. The zero-order valence-electron chi connectivity index (χ0n) is 8.28. The maximum atomic E-state index is 3.97. The molecule has 2 atom stereocenters. The van der Waals surface area contributed by atoms with E-state index in [0.717, 1.165) is 0 Å². The normalized spacial score (nSPS) is 16.0. The highest BCUT2D eigenvalue weighted by atomic mass is 14.9. The molecule has 0 amide bonds. The topological polar surface area (TPSA) is 12.0 Å². The molecule has 1 unspecified atom stereocenters. The van der Waals surface area contributed by atoms with Gasteiger partial charge in [0.2, 0.25) is 0 Å². The molecule has 0 radical (unpaired) electrons. The van der Waals surface area contributed by atoms with Crippen LogP contribution in [0, 0.1) is 5.92 Å². The van der Waals surface area contributed by atoms with E-state index in [1.807, 2.05) is 7.05 Å². The second kappa shape index (κ2) is 5.36. The quantitative estimate of drug-likeness (QED) is 0.602. The van der Waals surface area contributed by atoms with Crippen LogP contribution in [0.5, 0.6) is 0 Å². The Labute approximate surface area is 70.9 Å². The lowest BCUT2D eigenvalue weighted by Gasteiger charge is -2.23. The predicted molar refractivity (Wildman–Crippen MR) is 51.7 cm³/mol. The third kappa shape index (κ3) is 3.57. The van der Waals surface area contributed by atoms with Gasteiger partial charge >= 0.3 is 0 Å². The minimum atomic E-state index is 0.597. The highest BCUT2D eigenvalue weighted by Gasteiger charge is 2.13. The molecule has 0 spiro atoms. The Morgan fingerprint density at radius 2 is 2.09 bits per heavy atom. The summed E-state index contributed by atoms with van der Waals surface area (Å²) in [5.74, 6) is 0.597. The second-order valence-corrected chi connectivity index (χ2v) is 3.32. The first-order valence-corrected chi connectivity index (χ1v) is 4.46. The van der Waals surface area contributed by atoms with Crippen molar-refractivity contribution in [2.75, 3.05) is 7.05 Å². The summed E-state index contributed by atoms with van der Waals surface area (Å²) in [5.41, 5.74) is 1.28. The van der Waals surface area contributed by atoms with Crippen molar-refractivity contribution in [1.29, 1.82) is 0 Å². The zero-order chi connectivity index (χ0) is 8.85. The molecule has 0 saturated heterocycles. The van der Waals surface area contributed by atoms with Gasteiger partial charge in [0.15, 0.2) is 0 Å². The lowest BCUT2D eigenvalue weighted by molar-refractivity contribution is 0.416. The van der Waals surface area contributed by atoms with Gasteiger partial charge in [0.1, 0.15) is 0 Å². The SMILES string of the molecule is C=C(C)C(C)[C@H](CCC)NC. The molecule has 0 fully saturated rings. The van der Waals surface area contributed by atoms with Crippen LogP contribution in [-0.2, 0) is 0 Å². The maximum absolute atomic E-state index is 3.97. The van der Waals surface area contributed by atoms with Gasteiger partial charge in [-0.05, 0) is 26.3 Å². The Balaban J connectivity index is 3.91. The van der Waals surface area contributed by atoms with Gasteiger partial charge in [-0.25, -0.2) is 0 Å². The van der Waals surface area contributed by atoms with Crippen LogP contribution in [0.2, 0.25) is 0 Å². The molecule has 0 aromatic rings. The van der Waals surface area contributed by atoms with E-state index in [1.54, 1.807) is 0 Å². The van der Waals surface area contributed by atoms with Crippen LogP contribution in [0.4, 0.5) is 0 Å². The Morgan fingerprint density at radius 3 is 2.36 bits per heavy atom. The molecule has 0 aromatic heterocycles. The average molecular weight is 155 g/mol. The number of nitrogens with one attached hydrogen (secondary N) is 1. The standard InChI is InChI=1S/C10H21N/c1-6-7-10(11-5)9(4)8(2)3/h9-11H,2,6-7H2,1,3-5H3/t9?,10-/m0/s1. The minimum absolute atomic E-state index is 0.597. The predicted octanol–water partition coefficient (Wildman–Crippen LogP) is 2.59. The summed E-state index contributed by atoms with van der Waals surface area (Å²) in [5, 5.41) is 3.32. The molecular weight excluding hydrogens is 134 g/mol. The fourth-order valence-electron chi connectivity index (χ4n) is 1.30. The van der Waals surface area contributed by atoms with Crippen LogP contribution in [0.25, 0.3) is 0 Å². The number of hydrogen-bond acceptors (Lipinski definition) is 1. The van der Waals surface area contributed by atoms with E-state index in [0.29, 0.717) is 12.0 Å². The Kier molecular flexibility index (Phi) is 5.22. The Bertz CT molecular complexity index is 118. The Morgan fingerprint density at radius 1 is 1.55 bits per heavy atom. The number of hydrogen-bond donors (Lipinski definition) is 1. The third-order valence-electron chi connectivity index (χ3n) is 2.35. The van der Waals surface area contributed by atoms with Crippen LogP contribution in [-0.4, -0.2) is 13.1 Å². The molecule has 0 aliphatic rings. The van der Waals surface area contributed by atoms with Gasteiger partial charge < -0.3 is 5.32 Å². The van der Waals surface area contributed by atoms with Crippen molar-refractivity contribution in [1.82, 2.24) is 5.32 Å². The zero-order valence-corrected chi connectivity index (χ0v) is 8.28. The molecule has 1 nitrogen and oxygen atoms in total. The van der Waals surface area contributed by atoms with E-state index in [2.05, 4.69) is 32.7 Å². The largest absolute Gasteiger partial charge is 0.316 e. The fourth-order valence-corrected chi connectivity index (χ4v) is 1.30. The van der Waals surface area contributed by atoms with Gasteiger partial charge in [-0.15, -0.1) is 0 Å². The van der Waals surface area contributed by atoms with E-state index in [4.69, 9.17) is 0 Å². The molecule has 1 N–H and O–H groups in total. The lowest BCUT2D eigenvalue weighted by atomic mass is 9.92. The van der Waals surface area contributed by atoms with Crippen molar-refractivity contribution in [3.05, 3.63) is 12.2 Å². The summed E-state index contributed by atoms with van der Waals surface area (Å²) >= 11 is 0. The average Bonchev–Trinajstić information content (AvgIpc) is 1.98. The molecular formula is C10H21N. The van der Waals surface area contributed by atoms with E-state index in [-0.39, 0.29) is 0 Å². The van der Waals surface area contributed by atoms with Crippen molar-refractivity contribution in [2.24, 2.45) is 5.92 Å². The molecule has 0 heterocycles. The molecule has 0 bridgehead atoms. The van der Waals surface area contributed by atoms with Crippen LogP contribution in [0.3, 0.4) is 0 Å². The smallest absolute Gasteiger partial charge is 0.0127 e. The fraction of sp³-hybridized carbons (Fsp3) is 0.800. The van der Waals surface area contributed by atoms with Gasteiger partial charge in [-0.3, -0.25) is 0 Å². The van der Waals surface area contributed by atoms with Crippen LogP contribution in [0.15, 0.2) is 12.2 Å². The summed E-state index contributed by atoms with van der Waals surface area (Å²) in [6.45, 7) is 10.5. The van der Waals surface area contributed by atoms with E-state index >= 15 is 0 Å². The second-order valence-electron chi connectivity index (χ2n) is 3.32. The minimum Gasteiger partial charge on any atom is -0.316 e. The summed E-state index contributed by atoms with van der Waals surface area (Å²) in [7, 11) is 2.03. The van der Waals surface area contributed by atoms with E-state index in [9.17, 15) is 0 Å². The molecule has 11 heavy (non-hydrogen) atoms. The van der Waals surface area contributed by atoms with Crippen molar-refractivity contribution in [3.8, 4) is 0 Å². The highest BCUT2D eigenvalue weighted by Crippen LogP contribution is 2.15. The Hall–Kier alpha value is -0.300. The summed E-state index contributed by atoms with van der Waals surface area (Å²) in [6.07, 6.45) is 2.48. The van der Waals surface area contributed by atoms with Crippen molar-refractivity contribution in [3.63, 3.8) is 0 Å². The van der Waals surface area contributed by atoms with Crippen LogP contribution >= 0.6 is 0 Å². The molecule has 66 valence electrons. The van der Waals surface area contributed by atoms with Gasteiger partial charge in [-0.1, -0.05) is 32.4 Å². The summed E-state index contributed by atoms with van der Waals surface area (Å²) in [4.78, 5) is 0. The van der Waals surface area contributed by atoms with E-state index in [1.165, 1.54) is 18.4 Å². The van der Waals surface area contributed by atoms with Gasteiger partial charge in [0.05, 0.1) is 0 Å². The van der Waals surface area contributed by atoms with Gasteiger partial charge in [0.25, 0.3) is 0 Å². The first-order valence-electron chi connectivity index (χ1n) is 4.46. The van der Waals surface area contributed by atoms with E-state index < -0.39 is 0 Å². The molecule has 0 aliphatic heterocycles. The molecule has 0 saturated carbocycles. The monoisotopic (exact) mass is 155 g/mol. The molecule has 0 aromatic carbocycles. The third-order valence-corrected chi connectivity index (χ3v) is 2.35. The van der Waals surface area contributed by atoms with Gasteiger partial charge in [0, 0.05) is 6.04 Å². The maximum Gasteiger partial charge on any atom is 0.0127 e. The summed E-state index contributed by atoms with van der Waals surface area (Å²) < 4.78 is 0. The van der Waals surface area contributed by atoms with Crippen LogP contribution in [0.1, 0.15) is 33.6 Å². The number of rotatable bonds is 5. The van der Waals surface area contributed by atoms with Crippen molar-refractivity contribution in [2.45, 2.75) is 39.7 Å². The van der Waals surface area contributed by atoms with Crippen molar-refractivity contribution < 1.29 is 0 Å². The van der Waals surface area contributed by atoms with Crippen molar-refractivity contribution >= 4 is 0 Å². The first-order chi connectivity index (χ1) is 5.13. The molecule has 1 heteroatoms. The lowest BCUT2D eigenvalue weighted by Crippen LogP contribution is -2.32. The van der Waals surface area contributed by atoms with Gasteiger partial charge in [-0.2, -0.15) is 0 Å². The molecule has 0 aliphatic carbocycles. The molecule has 0 rings (SSSR count). The highest BCUT2D eigenvalue weighted by molar-refractivity contribution is 4.98.